The Hall–Kier alpha value is -2.27. The van der Waals surface area contributed by atoms with Crippen molar-refractivity contribution in [2.24, 2.45) is 0 Å². The van der Waals surface area contributed by atoms with Crippen molar-refractivity contribution in [1.29, 1.82) is 0 Å². The monoisotopic (exact) mass is 291 g/mol. The summed E-state index contributed by atoms with van der Waals surface area (Å²) >= 11 is 5.79. The maximum Gasteiger partial charge on any atom is 0.253 e. The first-order valence-electron chi connectivity index (χ1n) is 5.92. The molecule has 0 radical (unpaired) electrons. The SMILES string of the molecule is COc1ccc(CNC(=O)c2ccc(Cl)cc2N)cn1. The lowest BCUT2D eigenvalue weighted by atomic mass is 10.1. The predicted molar refractivity (Wildman–Crippen MR) is 77.8 cm³/mol. The number of halogens is 1. The number of rotatable bonds is 4. The van der Waals surface area contributed by atoms with E-state index < -0.39 is 0 Å². The number of aromatic nitrogens is 1. The van der Waals surface area contributed by atoms with Crippen LogP contribution in [-0.4, -0.2) is 18.0 Å². The molecule has 1 amide bonds. The highest BCUT2D eigenvalue weighted by Crippen LogP contribution is 2.18. The average molecular weight is 292 g/mol. The van der Waals surface area contributed by atoms with Crippen LogP contribution in [-0.2, 0) is 6.54 Å². The highest BCUT2D eigenvalue weighted by molar-refractivity contribution is 6.31. The highest BCUT2D eigenvalue weighted by Gasteiger charge is 2.09. The van der Waals surface area contributed by atoms with E-state index in [0.717, 1.165) is 5.56 Å². The third-order valence-electron chi connectivity index (χ3n) is 2.72. The summed E-state index contributed by atoms with van der Waals surface area (Å²) in [6.07, 6.45) is 1.64. The van der Waals surface area contributed by atoms with Crippen LogP contribution in [0.15, 0.2) is 36.5 Å². The molecule has 0 saturated carbocycles. The van der Waals surface area contributed by atoms with Crippen LogP contribution in [0.2, 0.25) is 5.02 Å². The minimum atomic E-state index is -0.255. The fourth-order valence-electron chi connectivity index (χ4n) is 1.65. The Kier molecular flexibility index (Phi) is 4.42. The van der Waals surface area contributed by atoms with Gasteiger partial charge in [-0.15, -0.1) is 0 Å². The Morgan fingerprint density at radius 3 is 2.80 bits per heavy atom. The molecule has 0 aliphatic heterocycles. The van der Waals surface area contributed by atoms with Gasteiger partial charge < -0.3 is 15.8 Å². The molecule has 1 aromatic carbocycles. The Morgan fingerprint density at radius 1 is 1.40 bits per heavy atom. The lowest BCUT2D eigenvalue weighted by molar-refractivity contribution is 0.0952. The zero-order valence-electron chi connectivity index (χ0n) is 10.9. The molecule has 0 spiro atoms. The minimum Gasteiger partial charge on any atom is -0.481 e. The summed E-state index contributed by atoms with van der Waals surface area (Å²) in [6.45, 7) is 0.359. The number of hydrogen-bond acceptors (Lipinski definition) is 4. The molecule has 104 valence electrons. The third-order valence-corrected chi connectivity index (χ3v) is 2.95. The van der Waals surface area contributed by atoms with E-state index in [1.54, 1.807) is 37.6 Å². The average Bonchev–Trinajstić information content (AvgIpc) is 2.45. The van der Waals surface area contributed by atoms with Crippen molar-refractivity contribution in [3.8, 4) is 5.88 Å². The van der Waals surface area contributed by atoms with E-state index in [1.165, 1.54) is 0 Å². The first kappa shape index (κ1) is 14.1. The van der Waals surface area contributed by atoms with Gasteiger partial charge in [-0.25, -0.2) is 4.98 Å². The number of methoxy groups -OCH3 is 1. The Labute approximate surface area is 121 Å². The first-order chi connectivity index (χ1) is 9.60. The first-order valence-corrected chi connectivity index (χ1v) is 6.30. The van der Waals surface area contributed by atoms with E-state index >= 15 is 0 Å². The predicted octanol–water partition coefficient (Wildman–Crippen LogP) is 2.26. The minimum absolute atomic E-state index is 0.255. The summed E-state index contributed by atoms with van der Waals surface area (Å²) in [7, 11) is 1.55. The molecule has 6 heteroatoms. The molecule has 0 aliphatic rings. The number of hydrogen-bond donors (Lipinski definition) is 2. The fraction of sp³-hybridized carbons (Fsp3) is 0.143. The van der Waals surface area contributed by atoms with Gasteiger partial charge in [-0.3, -0.25) is 4.79 Å². The Morgan fingerprint density at radius 2 is 2.20 bits per heavy atom. The summed E-state index contributed by atoms with van der Waals surface area (Å²) in [6, 6.07) is 8.34. The smallest absolute Gasteiger partial charge is 0.253 e. The normalized spacial score (nSPS) is 10.1. The van der Waals surface area contributed by atoms with Crippen LogP contribution < -0.4 is 15.8 Å². The molecule has 0 bridgehead atoms. The number of nitrogens with one attached hydrogen (secondary N) is 1. The summed E-state index contributed by atoms with van der Waals surface area (Å²) in [4.78, 5) is 16.1. The second kappa shape index (κ2) is 6.25. The van der Waals surface area contributed by atoms with E-state index in [9.17, 15) is 4.79 Å². The van der Waals surface area contributed by atoms with Crippen LogP contribution >= 0.6 is 11.6 Å². The molecule has 2 rings (SSSR count). The zero-order valence-corrected chi connectivity index (χ0v) is 11.6. The number of anilines is 1. The van der Waals surface area contributed by atoms with Gasteiger partial charge in [0.2, 0.25) is 5.88 Å². The quantitative estimate of drug-likeness (QED) is 0.847. The van der Waals surface area contributed by atoms with E-state index in [0.29, 0.717) is 28.7 Å². The van der Waals surface area contributed by atoms with E-state index in [1.807, 2.05) is 6.07 Å². The molecule has 5 nitrogen and oxygen atoms in total. The Bertz CT molecular complexity index is 614. The van der Waals surface area contributed by atoms with E-state index in [4.69, 9.17) is 22.1 Å². The molecule has 0 fully saturated rings. The fourth-order valence-corrected chi connectivity index (χ4v) is 1.83. The van der Waals surface area contributed by atoms with Gasteiger partial charge >= 0.3 is 0 Å². The van der Waals surface area contributed by atoms with E-state index in [2.05, 4.69) is 10.3 Å². The third kappa shape index (κ3) is 3.39. The summed E-state index contributed by atoms with van der Waals surface area (Å²) in [5.41, 5.74) is 7.37. The van der Waals surface area contributed by atoms with Crippen molar-refractivity contribution in [2.45, 2.75) is 6.54 Å². The molecule has 0 aliphatic carbocycles. The lowest BCUT2D eigenvalue weighted by Crippen LogP contribution is -2.23. The van der Waals surface area contributed by atoms with Gasteiger partial charge in [0.05, 0.1) is 12.7 Å². The number of carbonyl (C=O) groups excluding carboxylic acids is 1. The maximum absolute atomic E-state index is 12.0. The number of amides is 1. The molecule has 3 N–H and O–H groups in total. The maximum atomic E-state index is 12.0. The van der Waals surface area contributed by atoms with Crippen LogP contribution in [0.25, 0.3) is 0 Å². The molecule has 20 heavy (non-hydrogen) atoms. The summed E-state index contributed by atoms with van der Waals surface area (Å²) in [5.74, 6) is 0.275. The number of benzene rings is 1. The van der Waals surface area contributed by atoms with Gasteiger partial charge in [-0.2, -0.15) is 0 Å². The molecule has 0 unspecified atom stereocenters. The van der Waals surface area contributed by atoms with Crippen molar-refractivity contribution in [2.75, 3.05) is 12.8 Å². The number of ether oxygens (including phenoxy) is 1. The zero-order chi connectivity index (χ0) is 14.5. The van der Waals surface area contributed by atoms with Crippen molar-refractivity contribution in [1.82, 2.24) is 10.3 Å². The number of nitrogens with zero attached hydrogens (tertiary/aromatic N) is 1. The van der Waals surface area contributed by atoms with Crippen LogP contribution in [0.3, 0.4) is 0 Å². The van der Waals surface area contributed by atoms with E-state index in [-0.39, 0.29) is 5.91 Å². The molecule has 0 atom stereocenters. The van der Waals surface area contributed by atoms with Gasteiger partial charge in [0.15, 0.2) is 0 Å². The molecule has 1 heterocycles. The number of pyridine rings is 1. The summed E-state index contributed by atoms with van der Waals surface area (Å²) < 4.78 is 4.96. The lowest BCUT2D eigenvalue weighted by Gasteiger charge is -2.08. The van der Waals surface area contributed by atoms with Crippen LogP contribution in [0.5, 0.6) is 5.88 Å². The van der Waals surface area contributed by atoms with Gasteiger partial charge in [-0.1, -0.05) is 17.7 Å². The van der Waals surface area contributed by atoms with Crippen LogP contribution in [0.1, 0.15) is 15.9 Å². The standard InChI is InChI=1S/C14H14ClN3O2/c1-20-13-5-2-9(7-17-13)8-18-14(19)11-4-3-10(15)6-12(11)16/h2-7H,8,16H2,1H3,(H,18,19). The largest absolute Gasteiger partial charge is 0.481 e. The molecule has 2 aromatic rings. The van der Waals surface area contributed by atoms with Crippen molar-refractivity contribution >= 4 is 23.2 Å². The van der Waals surface area contributed by atoms with Gasteiger partial charge in [0.1, 0.15) is 0 Å². The van der Waals surface area contributed by atoms with Gasteiger partial charge in [0, 0.05) is 29.5 Å². The Balaban J connectivity index is 2.00. The van der Waals surface area contributed by atoms with Crippen LogP contribution in [0.4, 0.5) is 5.69 Å². The molecular formula is C14H14ClN3O2. The second-order valence-electron chi connectivity index (χ2n) is 4.12. The van der Waals surface area contributed by atoms with Crippen LogP contribution in [0, 0.1) is 0 Å². The molecule has 1 aromatic heterocycles. The molecule has 0 saturated heterocycles. The van der Waals surface area contributed by atoms with Crippen molar-refractivity contribution in [3.05, 3.63) is 52.7 Å². The topological polar surface area (TPSA) is 77.2 Å². The highest BCUT2D eigenvalue weighted by atomic mass is 35.5. The van der Waals surface area contributed by atoms with Gasteiger partial charge in [0.25, 0.3) is 5.91 Å². The van der Waals surface area contributed by atoms with Crippen molar-refractivity contribution in [3.63, 3.8) is 0 Å². The number of nitrogen functional groups attached to an aromatic ring is 1. The number of nitrogens with two attached hydrogens (primary N) is 1. The molecular weight excluding hydrogens is 278 g/mol. The second-order valence-corrected chi connectivity index (χ2v) is 4.56. The number of carbonyl (C=O) groups is 1. The van der Waals surface area contributed by atoms with Crippen molar-refractivity contribution < 1.29 is 9.53 Å². The van der Waals surface area contributed by atoms with Gasteiger partial charge in [-0.05, 0) is 23.8 Å². The summed E-state index contributed by atoms with van der Waals surface area (Å²) in [5, 5.41) is 3.27.